The fourth-order valence-corrected chi connectivity index (χ4v) is 4.53. The normalized spacial score (nSPS) is 33.0. The molecule has 1 unspecified atom stereocenters. The predicted molar refractivity (Wildman–Crippen MR) is 95.2 cm³/mol. The van der Waals surface area contributed by atoms with Crippen LogP contribution in [-0.4, -0.2) is 80.4 Å². The standard InChI is InChI=1S/C18H34N4O2/c1-14(13-22-6-8-24-9-7-22)12-19-18(23)20-15-10-16-4-3-5-17(11-15)21(16)2/h14-17H,3-13H2,1-2H3,(H2,19,20,23)/t14-,15?,16-,17+/m1/s1. The van der Waals surface area contributed by atoms with Crippen LogP contribution in [-0.2, 0) is 4.74 Å². The molecule has 0 radical (unpaired) electrons. The molecule has 3 aliphatic rings. The predicted octanol–water partition coefficient (Wildman–Crippen LogP) is 1.27. The van der Waals surface area contributed by atoms with Crippen LogP contribution in [0.4, 0.5) is 4.79 Å². The number of nitrogens with one attached hydrogen (secondary N) is 2. The summed E-state index contributed by atoms with van der Waals surface area (Å²) in [5, 5.41) is 6.29. The van der Waals surface area contributed by atoms with E-state index in [-0.39, 0.29) is 6.03 Å². The molecule has 2 N–H and O–H groups in total. The van der Waals surface area contributed by atoms with Gasteiger partial charge < -0.3 is 20.3 Å². The maximum atomic E-state index is 12.2. The largest absolute Gasteiger partial charge is 0.379 e. The summed E-state index contributed by atoms with van der Waals surface area (Å²) in [6.45, 7) is 7.66. The van der Waals surface area contributed by atoms with E-state index in [1.165, 1.54) is 19.3 Å². The van der Waals surface area contributed by atoms with Gasteiger partial charge in [-0.25, -0.2) is 4.79 Å². The third-order valence-corrected chi connectivity index (χ3v) is 5.96. The highest BCUT2D eigenvalue weighted by atomic mass is 16.5. The van der Waals surface area contributed by atoms with Crippen LogP contribution < -0.4 is 10.6 Å². The van der Waals surface area contributed by atoms with Crippen molar-refractivity contribution in [3.8, 4) is 0 Å². The average Bonchev–Trinajstić information content (AvgIpc) is 2.55. The molecule has 6 heteroatoms. The van der Waals surface area contributed by atoms with Gasteiger partial charge in [0.05, 0.1) is 13.2 Å². The number of hydrogen-bond donors (Lipinski definition) is 2. The Morgan fingerprint density at radius 1 is 1.21 bits per heavy atom. The Labute approximate surface area is 146 Å². The van der Waals surface area contributed by atoms with Crippen molar-refractivity contribution in [1.82, 2.24) is 20.4 Å². The quantitative estimate of drug-likeness (QED) is 0.793. The first-order valence-electron chi connectivity index (χ1n) is 9.68. The number of hydrogen-bond acceptors (Lipinski definition) is 4. The Morgan fingerprint density at radius 2 is 1.88 bits per heavy atom. The Morgan fingerprint density at radius 3 is 2.54 bits per heavy atom. The van der Waals surface area contributed by atoms with E-state index in [0.717, 1.165) is 52.2 Å². The lowest BCUT2D eigenvalue weighted by atomic mass is 9.82. The highest BCUT2D eigenvalue weighted by Gasteiger charge is 2.36. The van der Waals surface area contributed by atoms with Crippen molar-refractivity contribution in [2.75, 3.05) is 46.4 Å². The Balaban J connectivity index is 1.35. The first kappa shape index (κ1) is 18.0. The summed E-state index contributed by atoms with van der Waals surface area (Å²) in [4.78, 5) is 17.2. The van der Waals surface area contributed by atoms with Gasteiger partial charge in [-0.2, -0.15) is 0 Å². The smallest absolute Gasteiger partial charge is 0.315 e. The third-order valence-electron chi connectivity index (χ3n) is 5.96. The van der Waals surface area contributed by atoms with Crippen molar-refractivity contribution in [3.63, 3.8) is 0 Å². The van der Waals surface area contributed by atoms with Crippen molar-refractivity contribution < 1.29 is 9.53 Å². The van der Waals surface area contributed by atoms with Gasteiger partial charge in [-0.1, -0.05) is 13.3 Å². The highest BCUT2D eigenvalue weighted by molar-refractivity contribution is 5.74. The van der Waals surface area contributed by atoms with Gasteiger partial charge >= 0.3 is 6.03 Å². The average molecular weight is 338 g/mol. The lowest BCUT2D eigenvalue weighted by molar-refractivity contribution is 0.0318. The molecule has 3 heterocycles. The van der Waals surface area contributed by atoms with E-state index >= 15 is 0 Å². The van der Waals surface area contributed by atoms with Crippen LogP contribution in [0.15, 0.2) is 0 Å². The van der Waals surface area contributed by atoms with E-state index in [9.17, 15) is 4.79 Å². The first-order valence-corrected chi connectivity index (χ1v) is 9.68. The highest BCUT2D eigenvalue weighted by Crippen LogP contribution is 2.32. The van der Waals surface area contributed by atoms with E-state index in [0.29, 0.717) is 24.0 Å². The SMILES string of the molecule is C[C@H](CNC(=O)NC1C[C@H]2CCC[C@@H](C1)N2C)CN1CCOCC1. The second-order valence-corrected chi connectivity index (χ2v) is 7.94. The van der Waals surface area contributed by atoms with Gasteiger partial charge in [0, 0.05) is 44.3 Å². The van der Waals surface area contributed by atoms with Crippen LogP contribution in [0.25, 0.3) is 0 Å². The third kappa shape index (κ3) is 4.83. The van der Waals surface area contributed by atoms with Gasteiger partial charge in [-0.05, 0) is 38.6 Å². The molecule has 6 nitrogen and oxygen atoms in total. The fourth-order valence-electron chi connectivity index (χ4n) is 4.53. The van der Waals surface area contributed by atoms with Crippen LogP contribution in [0.5, 0.6) is 0 Å². The number of rotatable bonds is 5. The molecule has 0 spiro atoms. The van der Waals surface area contributed by atoms with Crippen molar-refractivity contribution in [2.45, 2.75) is 57.2 Å². The lowest BCUT2D eigenvalue weighted by Crippen LogP contribution is -2.56. The molecule has 3 rings (SSSR count). The van der Waals surface area contributed by atoms with Crippen molar-refractivity contribution >= 4 is 6.03 Å². The number of carbonyl (C=O) groups excluding carboxylic acids is 1. The molecular formula is C18H34N4O2. The zero-order chi connectivity index (χ0) is 16.9. The summed E-state index contributed by atoms with van der Waals surface area (Å²) in [6, 6.07) is 1.66. The molecule has 138 valence electrons. The number of urea groups is 1. The van der Waals surface area contributed by atoms with E-state index in [4.69, 9.17) is 4.74 Å². The van der Waals surface area contributed by atoms with Gasteiger partial charge in [0.2, 0.25) is 0 Å². The van der Waals surface area contributed by atoms with Crippen LogP contribution in [0.3, 0.4) is 0 Å². The van der Waals surface area contributed by atoms with E-state index in [1.54, 1.807) is 0 Å². The maximum Gasteiger partial charge on any atom is 0.315 e. The molecule has 2 amide bonds. The molecule has 0 aromatic rings. The minimum Gasteiger partial charge on any atom is -0.379 e. The zero-order valence-electron chi connectivity index (χ0n) is 15.3. The van der Waals surface area contributed by atoms with Gasteiger partial charge in [0.25, 0.3) is 0 Å². The number of amides is 2. The number of ether oxygens (including phenoxy) is 1. The number of carbonyl (C=O) groups is 1. The zero-order valence-corrected chi connectivity index (χ0v) is 15.3. The monoisotopic (exact) mass is 338 g/mol. The summed E-state index contributed by atoms with van der Waals surface area (Å²) < 4.78 is 5.38. The van der Waals surface area contributed by atoms with E-state index in [1.807, 2.05) is 0 Å². The van der Waals surface area contributed by atoms with E-state index < -0.39 is 0 Å². The topological polar surface area (TPSA) is 56.8 Å². The number of fused-ring (bicyclic) bond motifs is 2. The van der Waals surface area contributed by atoms with Crippen molar-refractivity contribution in [1.29, 1.82) is 0 Å². The molecule has 0 aromatic carbocycles. The van der Waals surface area contributed by atoms with Crippen molar-refractivity contribution in [2.24, 2.45) is 5.92 Å². The molecule has 0 aliphatic carbocycles. The van der Waals surface area contributed by atoms with Gasteiger partial charge in [-0.3, -0.25) is 4.90 Å². The fraction of sp³-hybridized carbons (Fsp3) is 0.944. The molecule has 0 aromatic heterocycles. The molecule has 24 heavy (non-hydrogen) atoms. The Kier molecular flexibility index (Phi) is 6.36. The molecule has 0 saturated carbocycles. The molecule has 3 saturated heterocycles. The molecule has 3 fully saturated rings. The molecule has 2 bridgehead atoms. The van der Waals surface area contributed by atoms with Crippen molar-refractivity contribution in [3.05, 3.63) is 0 Å². The molecular weight excluding hydrogens is 304 g/mol. The van der Waals surface area contributed by atoms with Crippen LogP contribution in [0.2, 0.25) is 0 Å². The number of nitrogens with zero attached hydrogens (tertiary/aromatic N) is 2. The van der Waals surface area contributed by atoms with Gasteiger partial charge in [-0.15, -0.1) is 0 Å². The van der Waals surface area contributed by atoms with Gasteiger partial charge in [0.15, 0.2) is 0 Å². The van der Waals surface area contributed by atoms with Crippen LogP contribution >= 0.6 is 0 Å². The summed E-state index contributed by atoms with van der Waals surface area (Å²) in [6.07, 6.45) is 6.11. The van der Waals surface area contributed by atoms with Gasteiger partial charge in [0.1, 0.15) is 0 Å². The summed E-state index contributed by atoms with van der Waals surface area (Å²) >= 11 is 0. The maximum absolute atomic E-state index is 12.2. The molecule has 4 atom stereocenters. The first-order chi connectivity index (χ1) is 11.6. The minimum atomic E-state index is 0.0106. The molecule has 3 aliphatic heterocycles. The minimum absolute atomic E-state index is 0.0106. The van der Waals surface area contributed by atoms with Crippen LogP contribution in [0.1, 0.15) is 39.0 Å². The Hall–Kier alpha value is -0.850. The summed E-state index contributed by atoms with van der Waals surface area (Å²) in [5.74, 6) is 0.464. The second kappa shape index (κ2) is 8.50. The summed E-state index contributed by atoms with van der Waals surface area (Å²) in [5.41, 5.74) is 0. The lowest BCUT2D eigenvalue weighted by Gasteiger charge is -2.47. The number of morpholine rings is 1. The van der Waals surface area contributed by atoms with Crippen LogP contribution in [0, 0.1) is 5.92 Å². The Bertz CT molecular complexity index is 400. The van der Waals surface area contributed by atoms with E-state index in [2.05, 4.69) is 34.4 Å². The summed E-state index contributed by atoms with van der Waals surface area (Å²) in [7, 11) is 2.25. The number of piperidine rings is 2. The second-order valence-electron chi connectivity index (χ2n) is 7.94.